The summed E-state index contributed by atoms with van der Waals surface area (Å²) in [4.78, 5) is 28.6. The molecule has 0 spiro atoms. The third kappa shape index (κ3) is 8.96. The molecule has 1 atom stereocenters. The van der Waals surface area contributed by atoms with Crippen LogP contribution in [0.15, 0.2) is 71.6 Å². The van der Waals surface area contributed by atoms with E-state index in [-0.39, 0.29) is 35.7 Å². The lowest BCUT2D eigenvalue weighted by Gasteiger charge is -2.29. The molecular formula is C33H41N3O7S. The van der Waals surface area contributed by atoms with E-state index in [1.807, 2.05) is 42.5 Å². The van der Waals surface area contributed by atoms with Crippen molar-refractivity contribution in [2.24, 2.45) is 0 Å². The van der Waals surface area contributed by atoms with Crippen LogP contribution in [0.5, 0.6) is 17.2 Å². The maximum Gasteiger partial charge on any atom is 0.242 e. The van der Waals surface area contributed by atoms with Crippen LogP contribution in [0.2, 0.25) is 0 Å². The molecule has 4 rings (SSSR count). The van der Waals surface area contributed by atoms with Crippen molar-refractivity contribution < 1.29 is 32.2 Å². The number of aryl methyl sites for hydroxylation is 1. The molecule has 1 aliphatic carbocycles. The topological polar surface area (TPSA) is 123 Å². The van der Waals surface area contributed by atoms with Gasteiger partial charge in [-0.25, -0.2) is 13.1 Å². The minimum Gasteiger partial charge on any atom is -0.497 e. The highest BCUT2D eigenvalue weighted by atomic mass is 32.2. The summed E-state index contributed by atoms with van der Waals surface area (Å²) in [6.07, 6.45) is 2.86. The SMILES string of the molecule is COc1ccc(CN(C(=O)CCc2ccc(S(=O)(=O)NC3CC3)cc2)C(C)C(=O)NCCc2ccc(OC)c(OC)c2)cc1. The Morgan fingerprint density at radius 2 is 1.48 bits per heavy atom. The Bertz CT molecular complexity index is 1520. The number of rotatable bonds is 16. The van der Waals surface area contributed by atoms with Crippen LogP contribution in [0, 0.1) is 0 Å². The number of benzene rings is 3. The first-order valence-corrected chi connectivity index (χ1v) is 16.1. The Kier molecular flexibility index (Phi) is 11.2. The Morgan fingerprint density at radius 3 is 2.09 bits per heavy atom. The number of ether oxygens (including phenoxy) is 3. The predicted molar refractivity (Wildman–Crippen MR) is 167 cm³/mol. The Morgan fingerprint density at radius 1 is 0.841 bits per heavy atom. The molecule has 3 aromatic carbocycles. The third-order valence-corrected chi connectivity index (χ3v) is 9.14. The van der Waals surface area contributed by atoms with Gasteiger partial charge in [-0.3, -0.25) is 9.59 Å². The molecule has 44 heavy (non-hydrogen) atoms. The molecule has 3 aromatic rings. The van der Waals surface area contributed by atoms with Crippen LogP contribution in [-0.2, 0) is 39.0 Å². The Balaban J connectivity index is 1.39. The van der Waals surface area contributed by atoms with E-state index in [1.54, 1.807) is 57.4 Å². The first kappa shape index (κ1) is 32.8. The van der Waals surface area contributed by atoms with Crippen molar-refractivity contribution in [2.45, 2.75) is 62.6 Å². The van der Waals surface area contributed by atoms with Gasteiger partial charge in [-0.15, -0.1) is 0 Å². The number of hydrogen-bond acceptors (Lipinski definition) is 7. The van der Waals surface area contributed by atoms with E-state index in [9.17, 15) is 18.0 Å². The summed E-state index contributed by atoms with van der Waals surface area (Å²) in [6.45, 7) is 2.35. The van der Waals surface area contributed by atoms with Gasteiger partial charge >= 0.3 is 0 Å². The normalized spacial score (nSPS) is 13.5. The fourth-order valence-corrected chi connectivity index (χ4v) is 6.05. The van der Waals surface area contributed by atoms with Crippen molar-refractivity contribution in [3.8, 4) is 17.2 Å². The van der Waals surface area contributed by atoms with Gasteiger partial charge in [-0.05, 0) is 85.7 Å². The fourth-order valence-electron chi connectivity index (χ4n) is 4.74. The molecule has 1 unspecified atom stereocenters. The predicted octanol–water partition coefficient (Wildman–Crippen LogP) is 3.86. The quantitative estimate of drug-likeness (QED) is 0.248. The lowest BCUT2D eigenvalue weighted by Crippen LogP contribution is -2.48. The fraction of sp³-hybridized carbons (Fsp3) is 0.394. The lowest BCUT2D eigenvalue weighted by molar-refractivity contribution is -0.140. The van der Waals surface area contributed by atoms with E-state index >= 15 is 0 Å². The molecule has 0 radical (unpaired) electrons. The number of hydrogen-bond donors (Lipinski definition) is 2. The molecule has 0 saturated heterocycles. The zero-order valence-electron chi connectivity index (χ0n) is 25.7. The maximum absolute atomic E-state index is 13.6. The number of methoxy groups -OCH3 is 3. The highest BCUT2D eigenvalue weighted by Crippen LogP contribution is 2.27. The summed E-state index contributed by atoms with van der Waals surface area (Å²) in [7, 11) is 1.20. The lowest BCUT2D eigenvalue weighted by atomic mass is 10.1. The number of carbonyl (C=O) groups is 2. The van der Waals surface area contributed by atoms with Gasteiger partial charge < -0.3 is 24.4 Å². The number of carbonyl (C=O) groups excluding carboxylic acids is 2. The number of nitrogens with zero attached hydrogens (tertiary/aromatic N) is 1. The van der Waals surface area contributed by atoms with Crippen LogP contribution in [0.3, 0.4) is 0 Å². The number of sulfonamides is 1. The number of amides is 2. The van der Waals surface area contributed by atoms with Crippen molar-refractivity contribution in [1.29, 1.82) is 0 Å². The van der Waals surface area contributed by atoms with E-state index in [2.05, 4.69) is 10.0 Å². The van der Waals surface area contributed by atoms with Crippen molar-refractivity contribution in [1.82, 2.24) is 14.9 Å². The minimum atomic E-state index is -3.54. The third-order valence-electron chi connectivity index (χ3n) is 7.60. The molecule has 10 nitrogen and oxygen atoms in total. The summed E-state index contributed by atoms with van der Waals surface area (Å²) in [5, 5.41) is 2.96. The van der Waals surface area contributed by atoms with Crippen molar-refractivity contribution in [2.75, 3.05) is 27.9 Å². The van der Waals surface area contributed by atoms with Gasteiger partial charge in [0.05, 0.1) is 26.2 Å². The van der Waals surface area contributed by atoms with Crippen LogP contribution in [0.1, 0.15) is 42.9 Å². The van der Waals surface area contributed by atoms with Crippen molar-refractivity contribution in [3.63, 3.8) is 0 Å². The first-order valence-electron chi connectivity index (χ1n) is 14.7. The van der Waals surface area contributed by atoms with Crippen LogP contribution in [0.4, 0.5) is 0 Å². The molecule has 2 amide bonds. The van der Waals surface area contributed by atoms with Crippen LogP contribution in [0.25, 0.3) is 0 Å². The van der Waals surface area contributed by atoms with Gasteiger partial charge in [-0.1, -0.05) is 30.3 Å². The number of nitrogens with one attached hydrogen (secondary N) is 2. The molecule has 11 heteroatoms. The summed E-state index contributed by atoms with van der Waals surface area (Å²) >= 11 is 0. The average molecular weight is 624 g/mol. The summed E-state index contributed by atoms with van der Waals surface area (Å²) in [5.74, 6) is 1.51. The van der Waals surface area contributed by atoms with Gasteiger partial charge in [0.2, 0.25) is 21.8 Å². The van der Waals surface area contributed by atoms with E-state index < -0.39 is 16.1 Å². The second-order valence-electron chi connectivity index (χ2n) is 10.8. The Hall–Kier alpha value is -4.09. The smallest absolute Gasteiger partial charge is 0.242 e. The van der Waals surface area contributed by atoms with Crippen molar-refractivity contribution >= 4 is 21.8 Å². The zero-order valence-corrected chi connectivity index (χ0v) is 26.5. The van der Waals surface area contributed by atoms with Gasteiger partial charge in [0.1, 0.15) is 11.8 Å². The minimum absolute atomic E-state index is 0.0270. The van der Waals surface area contributed by atoms with E-state index in [0.29, 0.717) is 36.6 Å². The molecule has 0 heterocycles. The maximum atomic E-state index is 13.6. The van der Waals surface area contributed by atoms with E-state index in [1.165, 1.54) is 0 Å². The molecular weight excluding hydrogens is 582 g/mol. The largest absolute Gasteiger partial charge is 0.497 e. The Labute approximate surface area is 259 Å². The second kappa shape index (κ2) is 15.1. The van der Waals surface area contributed by atoms with Gasteiger partial charge in [0, 0.05) is 25.6 Å². The van der Waals surface area contributed by atoms with Gasteiger partial charge in [0.15, 0.2) is 11.5 Å². The zero-order chi connectivity index (χ0) is 31.7. The van der Waals surface area contributed by atoms with Crippen LogP contribution >= 0.6 is 0 Å². The van der Waals surface area contributed by atoms with E-state index in [0.717, 1.165) is 29.5 Å². The molecule has 236 valence electrons. The summed E-state index contributed by atoms with van der Waals surface area (Å²) in [6, 6.07) is 18.9. The molecule has 1 fully saturated rings. The molecule has 1 saturated carbocycles. The molecule has 1 aliphatic rings. The first-order chi connectivity index (χ1) is 21.1. The molecule has 0 aromatic heterocycles. The van der Waals surface area contributed by atoms with E-state index in [4.69, 9.17) is 14.2 Å². The molecule has 0 bridgehead atoms. The summed E-state index contributed by atoms with van der Waals surface area (Å²) < 4.78 is 43.6. The van der Waals surface area contributed by atoms with Crippen LogP contribution < -0.4 is 24.2 Å². The monoisotopic (exact) mass is 623 g/mol. The highest BCUT2D eigenvalue weighted by molar-refractivity contribution is 7.89. The molecule has 2 N–H and O–H groups in total. The second-order valence-corrected chi connectivity index (χ2v) is 12.5. The average Bonchev–Trinajstić information content (AvgIpc) is 3.85. The van der Waals surface area contributed by atoms with Gasteiger partial charge in [-0.2, -0.15) is 0 Å². The van der Waals surface area contributed by atoms with Crippen LogP contribution in [-0.4, -0.2) is 65.1 Å². The standard InChI is InChI=1S/C33H41N3O7S/c1-23(33(38)34-20-19-25-9-17-30(42-3)31(21-25)43-4)36(22-26-5-13-28(41-2)14-6-26)32(37)18-10-24-7-15-29(16-8-24)44(39,40)35-27-11-12-27/h5-9,13-17,21,23,27,35H,10-12,18-20,22H2,1-4H3,(H,34,38). The molecule has 0 aliphatic heterocycles. The van der Waals surface area contributed by atoms with Crippen molar-refractivity contribution in [3.05, 3.63) is 83.4 Å². The highest BCUT2D eigenvalue weighted by Gasteiger charge is 2.28. The summed E-state index contributed by atoms with van der Waals surface area (Å²) in [5.41, 5.74) is 2.67. The van der Waals surface area contributed by atoms with Gasteiger partial charge in [0.25, 0.3) is 0 Å².